The van der Waals surface area contributed by atoms with Gasteiger partial charge in [-0.05, 0) is 36.4 Å². The lowest BCUT2D eigenvalue weighted by Gasteiger charge is -2.06. The third-order valence-corrected chi connectivity index (χ3v) is 3.10. The Morgan fingerprint density at radius 3 is 1.95 bits per heavy atom. The molecule has 0 spiro atoms. The first-order valence-electron chi connectivity index (χ1n) is 6.23. The number of rotatable bonds is 2. The van der Waals surface area contributed by atoms with Gasteiger partial charge < -0.3 is 0 Å². The van der Waals surface area contributed by atoms with Crippen molar-refractivity contribution in [2.24, 2.45) is 0 Å². The van der Waals surface area contributed by atoms with Gasteiger partial charge in [-0.15, -0.1) is 5.10 Å². The minimum absolute atomic E-state index is 0.596. The van der Waals surface area contributed by atoms with Crippen LogP contribution >= 0.6 is 0 Å². The zero-order valence-electron chi connectivity index (χ0n) is 10.9. The summed E-state index contributed by atoms with van der Waals surface area (Å²) in [6.07, 6.45) is 1.67. The largest absolute Gasteiger partial charge is 0.213 e. The highest BCUT2D eigenvalue weighted by Crippen LogP contribution is 2.21. The van der Waals surface area contributed by atoms with E-state index in [0.29, 0.717) is 11.1 Å². The number of benzene rings is 2. The highest BCUT2D eigenvalue weighted by Gasteiger charge is 2.08. The average molecular weight is 271 g/mol. The van der Waals surface area contributed by atoms with E-state index in [1.807, 2.05) is 24.3 Å². The average Bonchev–Trinajstić information content (AvgIpc) is 3.04. The van der Waals surface area contributed by atoms with E-state index in [4.69, 9.17) is 10.5 Å². The molecular weight excluding hydrogens is 262 g/mol. The summed E-state index contributed by atoms with van der Waals surface area (Å²) >= 11 is 0. The molecule has 0 saturated carbocycles. The number of nitriles is 2. The van der Waals surface area contributed by atoms with Gasteiger partial charge in [0.1, 0.15) is 0 Å². The molecule has 5 nitrogen and oxygen atoms in total. The molecule has 0 aliphatic heterocycles. The summed E-state index contributed by atoms with van der Waals surface area (Å²) in [4.78, 5) is 0. The normalized spacial score (nSPS) is 9.81. The predicted molar refractivity (Wildman–Crippen MR) is 76.2 cm³/mol. The van der Waals surface area contributed by atoms with Crippen LogP contribution in [0.2, 0.25) is 0 Å². The molecule has 0 saturated heterocycles. The molecule has 3 aromatic rings. The fraction of sp³-hybridized carbons (Fsp3) is 0. The maximum atomic E-state index is 8.83. The van der Waals surface area contributed by atoms with E-state index in [2.05, 4.69) is 22.5 Å². The Kier molecular flexibility index (Phi) is 3.16. The zero-order valence-corrected chi connectivity index (χ0v) is 10.9. The van der Waals surface area contributed by atoms with E-state index >= 15 is 0 Å². The molecule has 3 rings (SSSR count). The van der Waals surface area contributed by atoms with Crippen LogP contribution in [0.4, 0.5) is 0 Å². The molecule has 5 heteroatoms. The van der Waals surface area contributed by atoms with Crippen LogP contribution in [0.3, 0.4) is 0 Å². The molecule has 0 bridgehead atoms. The second kappa shape index (κ2) is 5.28. The second-order valence-electron chi connectivity index (χ2n) is 4.38. The minimum Gasteiger partial charge on any atom is -0.213 e. The molecule has 98 valence electrons. The van der Waals surface area contributed by atoms with Gasteiger partial charge in [0.25, 0.3) is 0 Å². The molecule has 0 atom stereocenters. The first kappa shape index (κ1) is 12.6. The molecule has 1 aromatic heterocycles. The first-order valence-corrected chi connectivity index (χ1v) is 6.23. The lowest BCUT2D eigenvalue weighted by molar-refractivity contribution is 0.808. The van der Waals surface area contributed by atoms with Crippen molar-refractivity contribution in [1.29, 1.82) is 10.5 Å². The number of aromatic nitrogens is 3. The van der Waals surface area contributed by atoms with Crippen LogP contribution in [-0.4, -0.2) is 15.0 Å². The molecule has 0 unspecified atom stereocenters. The van der Waals surface area contributed by atoms with Gasteiger partial charge in [-0.25, -0.2) is 4.68 Å². The lowest BCUT2D eigenvalue weighted by atomic mass is 10.1. The fourth-order valence-electron chi connectivity index (χ4n) is 2.02. The third-order valence-electron chi connectivity index (χ3n) is 3.10. The van der Waals surface area contributed by atoms with Gasteiger partial charge in [0, 0.05) is 5.56 Å². The highest BCUT2D eigenvalue weighted by atomic mass is 15.4. The highest BCUT2D eigenvalue weighted by molar-refractivity contribution is 5.62. The number of hydrogen-bond acceptors (Lipinski definition) is 4. The SMILES string of the molecule is N#Cc1ccc(-c2cnnn2-c2ccc(C#N)cc2)cc1. The van der Waals surface area contributed by atoms with E-state index in [0.717, 1.165) is 16.9 Å². The van der Waals surface area contributed by atoms with E-state index in [1.54, 1.807) is 35.1 Å². The summed E-state index contributed by atoms with van der Waals surface area (Å²) < 4.78 is 1.70. The molecule has 1 heterocycles. The Bertz CT molecular complexity index is 773. The van der Waals surface area contributed by atoms with Gasteiger partial charge in [0.15, 0.2) is 0 Å². The Morgan fingerprint density at radius 1 is 0.810 bits per heavy atom. The maximum absolute atomic E-state index is 8.83. The Balaban J connectivity index is 2.03. The van der Waals surface area contributed by atoms with Gasteiger partial charge in [-0.1, -0.05) is 17.3 Å². The summed E-state index contributed by atoms with van der Waals surface area (Å²) in [7, 11) is 0. The van der Waals surface area contributed by atoms with Crippen molar-refractivity contribution in [3.63, 3.8) is 0 Å². The summed E-state index contributed by atoms with van der Waals surface area (Å²) in [5.74, 6) is 0. The molecular formula is C16H9N5. The van der Waals surface area contributed by atoms with Crippen molar-refractivity contribution >= 4 is 0 Å². The summed E-state index contributed by atoms with van der Waals surface area (Å²) in [6.45, 7) is 0. The van der Waals surface area contributed by atoms with Crippen LogP contribution in [0, 0.1) is 22.7 Å². The molecule has 0 N–H and O–H groups in total. The van der Waals surface area contributed by atoms with Crippen molar-refractivity contribution in [2.45, 2.75) is 0 Å². The maximum Gasteiger partial charge on any atom is 0.0991 e. The van der Waals surface area contributed by atoms with Crippen molar-refractivity contribution in [1.82, 2.24) is 15.0 Å². The van der Waals surface area contributed by atoms with E-state index < -0.39 is 0 Å². The van der Waals surface area contributed by atoms with Crippen LogP contribution in [0.15, 0.2) is 54.7 Å². The molecule has 0 aliphatic carbocycles. The molecule has 0 amide bonds. The number of nitrogens with zero attached hydrogens (tertiary/aromatic N) is 5. The predicted octanol–water partition coefficient (Wildman–Crippen LogP) is 2.68. The zero-order chi connectivity index (χ0) is 14.7. The molecule has 0 fully saturated rings. The van der Waals surface area contributed by atoms with Crippen molar-refractivity contribution in [3.05, 3.63) is 65.9 Å². The first-order chi connectivity index (χ1) is 10.3. The quantitative estimate of drug-likeness (QED) is 0.717. The summed E-state index contributed by atoms with van der Waals surface area (Å²) in [5.41, 5.74) is 3.77. The Labute approximate surface area is 121 Å². The standard InChI is InChI=1S/C16H9N5/c17-9-12-1-5-14(6-2-12)16-11-19-20-21(16)15-7-3-13(10-18)4-8-15/h1-8,11H. The van der Waals surface area contributed by atoms with Crippen LogP contribution < -0.4 is 0 Å². The van der Waals surface area contributed by atoms with E-state index in [9.17, 15) is 0 Å². The van der Waals surface area contributed by atoms with Gasteiger partial charge in [-0.2, -0.15) is 10.5 Å². The smallest absolute Gasteiger partial charge is 0.0991 e. The van der Waals surface area contributed by atoms with Gasteiger partial charge in [-0.3, -0.25) is 0 Å². The van der Waals surface area contributed by atoms with Gasteiger partial charge in [0.2, 0.25) is 0 Å². The summed E-state index contributed by atoms with van der Waals surface area (Å²) in [5, 5.41) is 25.7. The summed E-state index contributed by atoms with van der Waals surface area (Å²) in [6, 6.07) is 18.5. The Morgan fingerprint density at radius 2 is 1.38 bits per heavy atom. The molecule has 0 radical (unpaired) electrons. The monoisotopic (exact) mass is 271 g/mol. The Hall–Kier alpha value is -3.44. The fourth-order valence-corrected chi connectivity index (χ4v) is 2.02. The number of hydrogen-bond donors (Lipinski definition) is 0. The minimum atomic E-state index is 0.596. The lowest BCUT2D eigenvalue weighted by Crippen LogP contribution is -1.99. The molecule has 21 heavy (non-hydrogen) atoms. The van der Waals surface area contributed by atoms with E-state index in [-0.39, 0.29) is 0 Å². The second-order valence-corrected chi connectivity index (χ2v) is 4.38. The van der Waals surface area contributed by atoms with Crippen LogP contribution in [0.5, 0.6) is 0 Å². The van der Waals surface area contributed by atoms with E-state index in [1.165, 1.54) is 0 Å². The van der Waals surface area contributed by atoms with Crippen molar-refractivity contribution in [3.8, 4) is 29.1 Å². The molecule has 0 aliphatic rings. The van der Waals surface area contributed by atoms with Crippen LogP contribution in [0.25, 0.3) is 16.9 Å². The third kappa shape index (κ3) is 2.36. The van der Waals surface area contributed by atoms with Crippen LogP contribution in [-0.2, 0) is 0 Å². The van der Waals surface area contributed by atoms with Gasteiger partial charge in [0.05, 0.1) is 40.8 Å². The molecule has 2 aromatic carbocycles. The van der Waals surface area contributed by atoms with Crippen molar-refractivity contribution < 1.29 is 0 Å². The van der Waals surface area contributed by atoms with Gasteiger partial charge >= 0.3 is 0 Å². The van der Waals surface area contributed by atoms with Crippen molar-refractivity contribution in [2.75, 3.05) is 0 Å². The van der Waals surface area contributed by atoms with Crippen LogP contribution in [0.1, 0.15) is 11.1 Å². The topological polar surface area (TPSA) is 78.3 Å².